The van der Waals surface area contributed by atoms with E-state index in [2.05, 4.69) is 30.2 Å². The zero-order valence-electron chi connectivity index (χ0n) is 19.4. The van der Waals surface area contributed by atoms with Crippen LogP contribution in [0.3, 0.4) is 0 Å². The summed E-state index contributed by atoms with van der Waals surface area (Å²) in [6.45, 7) is 8.72. The first-order valence-electron chi connectivity index (χ1n) is 11.3. The molecule has 168 valence electrons. The number of ether oxygens (including phenoxy) is 2. The van der Waals surface area contributed by atoms with Crippen LogP contribution < -0.4 is 10.1 Å². The maximum atomic E-state index is 12.9. The van der Waals surface area contributed by atoms with Gasteiger partial charge in [0.2, 0.25) is 0 Å². The summed E-state index contributed by atoms with van der Waals surface area (Å²) in [5, 5.41) is 2.96. The van der Waals surface area contributed by atoms with Gasteiger partial charge in [0.05, 0.1) is 23.1 Å². The van der Waals surface area contributed by atoms with Crippen molar-refractivity contribution < 1.29 is 14.3 Å². The Hall–Kier alpha value is -3.18. The monoisotopic (exact) mass is 432 g/mol. The molecule has 2 aromatic carbocycles. The molecular weight excluding hydrogens is 400 g/mol. The van der Waals surface area contributed by atoms with Crippen molar-refractivity contribution in [2.45, 2.75) is 53.1 Å². The van der Waals surface area contributed by atoms with Crippen LogP contribution in [-0.2, 0) is 11.2 Å². The fourth-order valence-electron chi connectivity index (χ4n) is 3.47. The molecule has 1 atom stereocenters. The van der Waals surface area contributed by atoms with E-state index in [9.17, 15) is 4.79 Å². The molecular formula is C27H32N2O3. The third-order valence-electron chi connectivity index (χ3n) is 5.15. The summed E-state index contributed by atoms with van der Waals surface area (Å²) in [5.74, 6) is 1.32. The smallest absolute Gasteiger partial charge is 0.257 e. The first-order chi connectivity index (χ1) is 15.5. The van der Waals surface area contributed by atoms with Crippen molar-refractivity contribution in [3.05, 3.63) is 83.2 Å². The van der Waals surface area contributed by atoms with Gasteiger partial charge in [-0.25, -0.2) is 0 Å². The molecule has 0 fully saturated rings. The van der Waals surface area contributed by atoms with Crippen molar-refractivity contribution in [3.8, 4) is 11.5 Å². The normalized spacial score (nSPS) is 11.8. The molecule has 0 aliphatic rings. The molecule has 0 bridgehead atoms. The SMILES string of the molecule is CCCOC(C)c1ccc(C(=O)Nc2cccc(Oc3ccccc3CCC)c2)c(C)n1. The number of carbonyl (C=O) groups is 1. The van der Waals surface area contributed by atoms with Crippen LogP contribution in [0.2, 0.25) is 0 Å². The van der Waals surface area contributed by atoms with Crippen LogP contribution in [0, 0.1) is 6.92 Å². The number of nitrogens with zero attached hydrogens (tertiary/aromatic N) is 1. The van der Waals surface area contributed by atoms with Gasteiger partial charge in [-0.05, 0) is 62.6 Å². The Kier molecular flexibility index (Phi) is 8.40. The molecule has 0 radical (unpaired) electrons. The lowest BCUT2D eigenvalue weighted by Crippen LogP contribution is -2.15. The first kappa shape index (κ1) is 23.5. The van der Waals surface area contributed by atoms with Gasteiger partial charge in [0.25, 0.3) is 5.91 Å². The van der Waals surface area contributed by atoms with Crippen molar-refractivity contribution in [2.75, 3.05) is 11.9 Å². The second-order valence-corrected chi connectivity index (χ2v) is 7.82. The highest BCUT2D eigenvalue weighted by molar-refractivity contribution is 6.05. The van der Waals surface area contributed by atoms with Crippen LogP contribution in [0.5, 0.6) is 11.5 Å². The number of benzene rings is 2. The Balaban J connectivity index is 1.71. The van der Waals surface area contributed by atoms with Crippen molar-refractivity contribution in [3.63, 3.8) is 0 Å². The van der Waals surface area contributed by atoms with E-state index in [4.69, 9.17) is 9.47 Å². The van der Waals surface area contributed by atoms with Gasteiger partial charge in [-0.1, -0.05) is 44.5 Å². The average molecular weight is 433 g/mol. The Morgan fingerprint density at radius 1 is 1.03 bits per heavy atom. The van der Waals surface area contributed by atoms with Crippen LogP contribution in [0.4, 0.5) is 5.69 Å². The van der Waals surface area contributed by atoms with E-state index in [1.165, 1.54) is 5.56 Å². The molecule has 1 aromatic heterocycles. The number of anilines is 1. The molecule has 3 aromatic rings. The van der Waals surface area contributed by atoms with E-state index >= 15 is 0 Å². The fourth-order valence-corrected chi connectivity index (χ4v) is 3.47. The minimum absolute atomic E-state index is 0.102. The molecule has 32 heavy (non-hydrogen) atoms. The van der Waals surface area contributed by atoms with Gasteiger partial charge in [-0.3, -0.25) is 9.78 Å². The lowest BCUT2D eigenvalue weighted by molar-refractivity contribution is 0.0632. The Labute approximate surface area is 190 Å². The predicted molar refractivity (Wildman–Crippen MR) is 129 cm³/mol. The van der Waals surface area contributed by atoms with Crippen LogP contribution in [0.1, 0.15) is 67.0 Å². The standard InChI is InChI=1S/C27H32N2O3/c1-5-10-21-11-7-8-14-26(21)32-23-13-9-12-22(18-23)29-27(30)24-15-16-25(28-19(24)3)20(4)31-17-6-2/h7-9,11-16,18,20H,5-6,10,17H2,1-4H3,(H,29,30). The number of aryl methyl sites for hydroxylation is 2. The number of carbonyl (C=O) groups excluding carboxylic acids is 1. The molecule has 1 N–H and O–H groups in total. The molecule has 1 heterocycles. The maximum absolute atomic E-state index is 12.9. The van der Waals surface area contributed by atoms with Crippen molar-refractivity contribution in [2.24, 2.45) is 0 Å². The largest absolute Gasteiger partial charge is 0.457 e. The Bertz CT molecular complexity index is 1050. The van der Waals surface area contributed by atoms with E-state index in [0.717, 1.165) is 30.7 Å². The minimum Gasteiger partial charge on any atom is -0.457 e. The van der Waals surface area contributed by atoms with Crippen molar-refractivity contribution in [1.82, 2.24) is 4.98 Å². The van der Waals surface area contributed by atoms with Crippen LogP contribution in [0.25, 0.3) is 0 Å². The second kappa shape index (κ2) is 11.4. The lowest BCUT2D eigenvalue weighted by atomic mass is 10.1. The quantitative estimate of drug-likeness (QED) is 0.379. The van der Waals surface area contributed by atoms with Crippen molar-refractivity contribution in [1.29, 1.82) is 0 Å². The molecule has 0 saturated heterocycles. The number of nitrogens with one attached hydrogen (secondary N) is 1. The molecule has 0 spiro atoms. The number of hydrogen-bond acceptors (Lipinski definition) is 4. The molecule has 5 nitrogen and oxygen atoms in total. The fraction of sp³-hybridized carbons (Fsp3) is 0.333. The van der Waals surface area contributed by atoms with Gasteiger partial charge in [0.15, 0.2) is 0 Å². The number of aromatic nitrogens is 1. The highest BCUT2D eigenvalue weighted by Crippen LogP contribution is 2.28. The molecule has 0 aliphatic carbocycles. The number of pyridine rings is 1. The molecule has 0 saturated carbocycles. The van der Waals surface area contributed by atoms with Gasteiger partial charge in [0, 0.05) is 18.4 Å². The second-order valence-electron chi connectivity index (χ2n) is 7.82. The third kappa shape index (κ3) is 6.17. The summed E-state index contributed by atoms with van der Waals surface area (Å²) < 4.78 is 11.8. The van der Waals surface area contributed by atoms with Crippen LogP contribution in [-0.4, -0.2) is 17.5 Å². The molecule has 3 rings (SSSR count). The summed E-state index contributed by atoms with van der Waals surface area (Å²) >= 11 is 0. The van der Waals surface area contributed by atoms with E-state index in [1.54, 1.807) is 6.07 Å². The molecule has 1 amide bonds. The molecule has 5 heteroatoms. The summed E-state index contributed by atoms with van der Waals surface area (Å²) in [6, 6.07) is 19.1. The zero-order valence-corrected chi connectivity index (χ0v) is 19.4. The van der Waals surface area contributed by atoms with Crippen molar-refractivity contribution >= 4 is 11.6 Å². The average Bonchev–Trinajstić information content (AvgIpc) is 2.79. The zero-order chi connectivity index (χ0) is 22.9. The van der Waals surface area contributed by atoms with Gasteiger partial charge in [0.1, 0.15) is 11.5 Å². The minimum atomic E-state index is -0.202. The number of amides is 1. The number of para-hydroxylation sites is 1. The summed E-state index contributed by atoms with van der Waals surface area (Å²) in [7, 11) is 0. The predicted octanol–water partition coefficient (Wildman–Crippen LogP) is 6.87. The highest BCUT2D eigenvalue weighted by atomic mass is 16.5. The molecule has 0 aliphatic heterocycles. The van der Waals surface area contributed by atoms with Gasteiger partial charge >= 0.3 is 0 Å². The topological polar surface area (TPSA) is 60.5 Å². The van der Waals surface area contributed by atoms with Gasteiger partial charge in [-0.2, -0.15) is 0 Å². The third-order valence-corrected chi connectivity index (χ3v) is 5.15. The summed E-state index contributed by atoms with van der Waals surface area (Å²) in [6.07, 6.45) is 2.86. The Morgan fingerprint density at radius 2 is 1.84 bits per heavy atom. The number of hydrogen-bond donors (Lipinski definition) is 1. The van der Waals surface area contributed by atoms with E-state index in [0.29, 0.717) is 29.3 Å². The number of rotatable bonds is 10. The Morgan fingerprint density at radius 3 is 2.59 bits per heavy atom. The lowest BCUT2D eigenvalue weighted by Gasteiger charge is -2.14. The van der Waals surface area contributed by atoms with E-state index < -0.39 is 0 Å². The first-order valence-corrected chi connectivity index (χ1v) is 11.3. The van der Waals surface area contributed by atoms with Gasteiger partial charge < -0.3 is 14.8 Å². The van der Waals surface area contributed by atoms with E-state index in [1.807, 2.05) is 62.4 Å². The summed E-state index contributed by atoms with van der Waals surface area (Å²) in [4.78, 5) is 17.5. The van der Waals surface area contributed by atoms with Crippen LogP contribution >= 0.6 is 0 Å². The van der Waals surface area contributed by atoms with Crippen LogP contribution in [0.15, 0.2) is 60.7 Å². The van der Waals surface area contributed by atoms with E-state index in [-0.39, 0.29) is 12.0 Å². The molecule has 1 unspecified atom stereocenters. The highest BCUT2D eigenvalue weighted by Gasteiger charge is 2.14. The maximum Gasteiger partial charge on any atom is 0.257 e. The summed E-state index contributed by atoms with van der Waals surface area (Å²) in [5.41, 5.74) is 3.88. The van der Waals surface area contributed by atoms with Gasteiger partial charge in [-0.15, -0.1) is 0 Å².